The topological polar surface area (TPSA) is 75.1 Å². The fraction of sp³-hybridized carbons (Fsp3) is 0.464. The number of aromatic amines is 1. The standard InChI is InChI=1S/C28H34FN7O/c1-3-22-18-35(11-12-37-22)26-6-5-19(13-24(26)29)25-16-31-28-27(33-25)23(15-30-28)20-14-32-36(17-20)21-7-9-34(4-2)10-8-21/h5-6,13-17,21-22H,3-4,7-12,18H2,1-2H3,(H,30,31). The summed E-state index contributed by atoms with van der Waals surface area (Å²) in [6, 6.07) is 5.76. The average molecular weight is 504 g/mol. The first kappa shape index (κ1) is 24.1. The molecular weight excluding hydrogens is 469 g/mol. The second kappa shape index (κ2) is 10.2. The Bertz CT molecular complexity index is 1370. The number of hydrogen-bond donors (Lipinski definition) is 1. The van der Waals surface area contributed by atoms with Crippen LogP contribution in [0, 0.1) is 5.82 Å². The molecule has 1 unspecified atom stereocenters. The molecule has 2 aliphatic heterocycles. The first-order chi connectivity index (χ1) is 18.1. The zero-order chi connectivity index (χ0) is 25.4. The SMILES string of the molecule is CCC1CN(c2ccc(-c3cnc4[nH]cc(-c5cnn(C6CCN(CC)CC6)c5)c4n3)cc2F)CCO1. The minimum absolute atomic E-state index is 0.140. The molecule has 1 aromatic carbocycles. The predicted octanol–water partition coefficient (Wildman–Crippen LogP) is 4.90. The number of aromatic nitrogens is 5. The van der Waals surface area contributed by atoms with E-state index in [1.54, 1.807) is 12.3 Å². The predicted molar refractivity (Wildman–Crippen MR) is 143 cm³/mol. The van der Waals surface area contributed by atoms with E-state index in [2.05, 4.69) is 49.6 Å². The molecule has 9 heteroatoms. The summed E-state index contributed by atoms with van der Waals surface area (Å²) < 4.78 is 23.1. The third kappa shape index (κ3) is 4.73. The number of halogens is 1. The Hall–Kier alpha value is -3.30. The largest absolute Gasteiger partial charge is 0.375 e. The summed E-state index contributed by atoms with van der Waals surface area (Å²) in [6.45, 7) is 9.65. The fourth-order valence-electron chi connectivity index (χ4n) is 5.54. The zero-order valence-corrected chi connectivity index (χ0v) is 21.5. The van der Waals surface area contributed by atoms with E-state index < -0.39 is 0 Å². The van der Waals surface area contributed by atoms with Crippen LogP contribution < -0.4 is 4.90 Å². The van der Waals surface area contributed by atoms with E-state index in [9.17, 15) is 0 Å². The number of likely N-dealkylation sites (tertiary alicyclic amines) is 1. The molecule has 5 heterocycles. The summed E-state index contributed by atoms with van der Waals surface area (Å²) in [5, 5.41) is 4.68. The summed E-state index contributed by atoms with van der Waals surface area (Å²) in [5.41, 5.74) is 5.40. The molecule has 0 bridgehead atoms. The molecule has 2 saturated heterocycles. The van der Waals surface area contributed by atoms with Gasteiger partial charge in [0, 0.05) is 55.3 Å². The van der Waals surface area contributed by atoms with Crippen LogP contribution in [-0.2, 0) is 4.74 Å². The van der Waals surface area contributed by atoms with Gasteiger partial charge in [-0.3, -0.25) is 4.68 Å². The number of piperidine rings is 1. The summed E-state index contributed by atoms with van der Waals surface area (Å²) in [7, 11) is 0. The summed E-state index contributed by atoms with van der Waals surface area (Å²) in [4.78, 5) is 17.3. The molecule has 3 aromatic heterocycles. The van der Waals surface area contributed by atoms with Crippen LogP contribution in [0.15, 0.2) is 43.0 Å². The normalized spacial score (nSPS) is 19.6. The first-order valence-corrected chi connectivity index (χ1v) is 13.4. The van der Waals surface area contributed by atoms with E-state index in [0.29, 0.717) is 48.3 Å². The highest BCUT2D eigenvalue weighted by molar-refractivity contribution is 5.91. The van der Waals surface area contributed by atoms with Crippen LogP contribution in [0.1, 0.15) is 39.2 Å². The molecule has 1 N–H and O–H groups in total. The molecule has 1 atom stereocenters. The van der Waals surface area contributed by atoms with E-state index in [-0.39, 0.29) is 11.9 Å². The Kier molecular flexibility index (Phi) is 6.65. The number of nitrogens with zero attached hydrogens (tertiary/aromatic N) is 6. The molecule has 37 heavy (non-hydrogen) atoms. The average Bonchev–Trinajstić information content (AvgIpc) is 3.60. The third-order valence-corrected chi connectivity index (χ3v) is 7.85. The van der Waals surface area contributed by atoms with Gasteiger partial charge in [0.25, 0.3) is 0 Å². The van der Waals surface area contributed by atoms with Crippen LogP contribution >= 0.6 is 0 Å². The summed E-state index contributed by atoms with van der Waals surface area (Å²) in [6.07, 6.45) is 10.9. The minimum atomic E-state index is -0.249. The van der Waals surface area contributed by atoms with Crippen molar-refractivity contribution in [3.05, 3.63) is 48.8 Å². The molecule has 2 aliphatic rings. The highest BCUT2D eigenvalue weighted by Crippen LogP contribution is 2.32. The quantitative estimate of drug-likeness (QED) is 0.403. The van der Waals surface area contributed by atoms with Gasteiger partial charge in [0.2, 0.25) is 0 Å². The lowest BCUT2D eigenvalue weighted by Gasteiger charge is -2.34. The van der Waals surface area contributed by atoms with Crippen molar-refractivity contribution in [3.8, 4) is 22.4 Å². The van der Waals surface area contributed by atoms with Crippen molar-refractivity contribution in [3.63, 3.8) is 0 Å². The molecule has 6 rings (SSSR count). The van der Waals surface area contributed by atoms with Gasteiger partial charge in [-0.25, -0.2) is 14.4 Å². The molecule has 0 amide bonds. The third-order valence-electron chi connectivity index (χ3n) is 7.85. The maximum Gasteiger partial charge on any atom is 0.156 e. The van der Waals surface area contributed by atoms with Crippen LogP contribution in [0.4, 0.5) is 10.1 Å². The van der Waals surface area contributed by atoms with E-state index >= 15 is 4.39 Å². The smallest absolute Gasteiger partial charge is 0.156 e. The van der Waals surface area contributed by atoms with Gasteiger partial charge >= 0.3 is 0 Å². The zero-order valence-electron chi connectivity index (χ0n) is 21.5. The molecule has 2 fully saturated rings. The number of hydrogen-bond acceptors (Lipinski definition) is 6. The van der Waals surface area contributed by atoms with Crippen molar-refractivity contribution < 1.29 is 9.13 Å². The molecule has 8 nitrogen and oxygen atoms in total. The van der Waals surface area contributed by atoms with Crippen molar-refractivity contribution in [1.82, 2.24) is 29.6 Å². The van der Waals surface area contributed by atoms with Crippen molar-refractivity contribution in [2.75, 3.05) is 44.2 Å². The van der Waals surface area contributed by atoms with Gasteiger partial charge in [-0.15, -0.1) is 0 Å². The first-order valence-electron chi connectivity index (χ1n) is 13.4. The van der Waals surface area contributed by atoms with Gasteiger partial charge in [0.05, 0.1) is 42.5 Å². The Morgan fingerprint density at radius 2 is 1.97 bits per heavy atom. The molecule has 0 radical (unpaired) electrons. The molecular formula is C28H34FN7O. The Morgan fingerprint density at radius 3 is 2.76 bits per heavy atom. The number of rotatable bonds is 6. The van der Waals surface area contributed by atoms with Crippen molar-refractivity contribution >= 4 is 16.9 Å². The van der Waals surface area contributed by atoms with Crippen LogP contribution in [0.2, 0.25) is 0 Å². The van der Waals surface area contributed by atoms with Gasteiger partial charge in [-0.05, 0) is 37.9 Å². The number of fused-ring (bicyclic) bond motifs is 1. The minimum Gasteiger partial charge on any atom is -0.375 e. The molecule has 0 aliphatic carbocycles. The van der Waals surface area contributed by atoms with Gasteiger partial charge in [-0.2, -0.15) is 5.10 Å². The number of nitrogens with one attached hydrogen (secondary N) is 1. The van der Waals surface area contributed by atoms with E-state index in [0.717, 1.165) is 55.5 Å². The summed E-state index contributed by atoms with van der Waals surface area (Å²) >= 11 is 0. The van der Waals surface area contributed by atoms with Crippen LogP contribution in [-0.4, -0.2) is 75.1 Å². The Morgan fingerprint density at radius 1 is 1.11 bits per heavy atom. The molecule has 4 aromatic rings. The van der Waals surface area contributed by atoms with Crippen molar-refractivity contribution in [1.29, 1.82) is 0 Å². The lowest BCUT2D eigenvalue weighted by Crippen LogP contribution is -2.42. The molecule has 194 valence electrons. The maximum atomic E-state index is 15.2. The van der Waals surface area contributed by atoms with Crippen LogP contribution in [0.5, 0.6) is 0 Å². The lowest BCUT2D eigenvalue weighted by atomic mass is 10.1. The van der Waals surface area contributed by atoms with Gasteiger partial charge in [0.1, 0.15) is 11.3 Å². The van der Waals surface area contributed by atoms with Crippen molar-refractivity contribution in [2.45, 2.75) is 45.3 Å². The number of ether oxygens (including phenoxy) is 1. The van der Waals surface area contributed by atoms with E-state index in [1.165, 1.54) is 0 Å². The monoisotopic (exact) mass is 503 g/mol. The van der Waals surface area contributed by atoms with Crippen LogP contribution in [0.3, 0.4) is 0 Å². The number of benzene rings is 1. The second-order valence-electron chi connectivity index (χ2n) is 10.0. The fourth-order valence-corrected chi connectivity index (χ4v) is 5.54. The highest BCUT2D eigenvalue weighted by Gasteiger charge is 2.23. The Balaban J connectivity index is 1.25. The maximum absolute atomic E-state index is 15.2. The van der Waals surface area contributed by atoms with Gasteiger partial charge in [0.15, 0.2) is 5.65 Å². The van der Waals surface area contributed by atoms with Gasteiger partial charge in [-0.1, -0.05) is 19.9 Å². The van der Waals surface area contributed by atoms with E-state index in [4.69, 9.17) is 9.72 Å². The lowest BCUT2D eigenvalue weighted by molar-refractivity contribution is 0.0382. The van der Waals surface area contributed by atoms with E-state index in [1.807, 2.05) is 24.5 Å². The molecule has 0 saturated carbocycles. The molecule has 0 spiro atoms. The number of morpholine rings is 1. The number of anilines is 1. The van der Waals surface area contributed by atoms with Crippen molar-refractivity contribution in [2.24, 2.45) is 0 Å². The number of H-pyrrole nitrogens is 1. The van der Waals surface area contributed by atoms with Gasteiger partial charge < -0.3 is 19.5 Å². The van der Waals surface area contributed by atoms with Crippen LogP contribution in [0.25, 0.3) is 33.5 Å². The second-order valence-corrected chi connectivity index (χ2v) is 10.0. The Labute approximate surface area is 216 Å². The highest BCUT2D eigenvalue weighted by atomic mass is 19.1. The summed E-state index contributed by atoms with van der Waals surface area (Å²) in [5.74, 6) is -0.249.